The van der Waals surface area contributed by atoms with Gasteiger partial charge < -0.3 is 30.7 Å². The number of ether oxygens (including phenoxy) is 2. The molecule has 5 rings (SSSR count). The second-order valence-corrected chi connectivity index (χ2v) is 10.1. The van der Waals surface area contributed by atoms with Crippen LogP contribution in [0.3, 0.4) is 0 Å². The highest BCUT2D eigenvalue weighted by atomic mass is 16.5. The molecule has 13 heteroatoms. The molecule has 0 aliphatic carbocycles. The highest BCUT2D eigenvalue weighted by Crippen LogP contribution is 2.36. The lowest BCUT2D eigenvalue weighted by Gasteiger charge is -2.38. The second kappa shape index (κ2) is 10.2. The quantitative estimate of drug-likeness (QED) is 0.354. The normalized spacial score (nSPS) is 21.6. The van der Waals surface area contributed by atoms with Crippen molar-refractivity contribution in [3.05, 3.63) is 35.7 Å². The average molecular weight is 525 g/mol. The Morgan fingerprint density at radius 3 is 2.71 bits per heavy atom. The molecule has 13 nitrogen and oxygen atoms in total. The highest BCUT2D eigenvalue weighted by Gasteiger charge is 2.30. The van der Waals surface area contributed by atoms with E-state index in [9.17, 15) is 15.0 Å². The smallest absolute Gasteiger partial charge is 0.283 e. The van der Waals surface area contributed by atoms with E-state index in [4.69, 9.17) is 15.2 Å². The van der Waals surface area contributed by atoms with Crippen LogP contribution in [-0.2, 0) is 11.3 Å². The number of anilines is 2. The van der Waals surface area contributed by atoms with Crippen LogP contribution in [0.2, 0.25) is 0 Å². The molecule has 5 N–H and O–H groups in total. The minimum atomic E-state index is -1.17. The van der Waals surface area contributed by atoms with Gasteiger partial charge in [0.15, 0.2) is 11.5 Å². The van der Waals surface area contributed by atoms with Gasteiger partial charge in [-0.1, -0.05) is 0 Å². The van der Waals surface area contributed by atoms with Crippen LogP contribution < -0.4 is 21.4 Å². The first-order chi connectivity index (χ1) is 18.1. The van der Waals surface area contributed by atoms with Gasteiger partial charge in [0, 0.05) is 50.5 Å². The molecule has 3 aromatic rings. The average Bonchev–Trinajstić information content (AvgIpc) is 3.34. The molecule has 0 saturated carbocycles. The number of carbonyl (C=O) groups excluding carboxylic acids is 1. The number of carbonyl (C=O) groups is 1. The van der Waals surface area contributed by atoms with E-state index in [0.29, 0.717) is 30.8 Å². The van der Waals surface area contributed by atoms with Crippen LogP contribution in [0, 0.1) is 0 Å². The molecular formula is C25H32N8O5. The van der Waals surface area contributed by atoms with Crippen molar-refractivity contribution in [3.63, 3.8) is 0 Å². The fraction of sp³-hybridized carbons (Fsp3) is 0.480. The number of phenols is 1. The highest BCUT2D eigenvalue weighted by molar-refractivity contribution is 5.96. The van der Waals surface area contributed by atoms with Crippen molar-refractivity contribution in [3.8, 4) is 11.5 Å². The number of fused-ring (bicyclic) bond motifs is 3. The molecule has 0 bridgehead atoms. The van der Waals surface area contributed by atoms with Gasteiger partial charge in [-0.3, -0.25) is 14.3 Å². The van der Waals surface area contributed by atoms with Crippen LogP contribution in [0.25, 0.3) is 10.9 Å². The number of rotatable bonds is 6. The molecule has 4 heterocycles. The van der Waals surface area contributed by atoms with E-state index >= 15 is 0 Å². The maximum atomic E-state index is 12.7. The zero-order chi connectivity index (χ0) is 27.0. The SMILES string of the molecule is C[C@@H]1CN(C[C@@](C)(O)COc2ccc3c4n(c(=NC(=O)c5cnc(N)nc5)nc3c2O)CCN4)C[C@H](C)O1. The molecule has 202 valence electrons. The number of aliphatic hydroxyl groups is 1. The molecule has 2 aromatic heterocycles. The minimum Gasteiger partial charge on any atom is -0.503 e. The molecule has 1 fully saturated rings. The Labute approximate surface area is 219 Å². The lowest BCUT2D eigenvalue weighted by molar-refractivity contribution is -0.0952. The van der Waals surface area contributed by atoms with Gasteiger partial charge in [0.1, 0.15) is 23.5 Å². The molecule has 3 atom stereocenters. The van der Waals surface area contributed by atoms with Crippen LogP contribution in [0.4, 0.5) is 11.8 Å². The molecule has 2 aliphatic heterocycles. The molecular weight excluding hydrogens is 492 g/mol. The monoisotopic (exact) mass is 524 g/mol. The molecule has 1 aromatic carbocycles. The first kappa shape index (κ1) is 25.8. The zero-order valence-corrected chi connectivity index (χ0v) is 21.6. The predicted molar refractivity (Wildman–Crippen MR) is 139 cm³/mol. The number of nitrogen functional groups attached to an aromatic ring is 1. The van der Waals surface area contributed by atoms with E-state index in [1.54, 1.807) is 23.6 Å². The Morgan fingerprint density at radius 1 is 1.29 bits per heavy atom. The van der Waals surface area contributed by atoms with Crippen molar-refractivity contribution in [2.24, 2.45) is 4.99 Å². The maximum Gasteiger partial charge on any atom is 0.283 e. The Morgan fingerprint density at radius 2 is 2.00 bits per heavy atom. The van der Waals surface area contributed by atoms with Crippen molar-refractivity contribution in [2.45, 2.75) is 45.1 Å². The summed E-state index contributed by atoms with van der Waals surface area (Å²) < 4.78 is 13.4. The standard InChI is InChI=1S/C25H32N8O5/c1-14-10-32(11-15(2)38-14)12-25(3,36)13-37-18-5-4-17-19(20(18)34)30-24(33-7-6-27-21(17)33)31-22(35)16-8-28-23(26)29-9-16/h4-5,8-9,14-15,27,34,36H,6-7,10-13H2,1-3H3,(H2,26,28,29)/t14-,15+,25-/m1/s1. The number of nitrogens with zero attached hydrogens (tertiary/aromatic N) is 6. The summed E-state index contributed by atoms with van der Waals surface area (Å²) in [5.74, 6) is 0.105. The summed E-state index contributed by atoms with van der Waals surface area (Å²) >= 11 is 0. The molecule has 1 amide bonds. The summed E-state index contributed by atoms with van der Waals surface area (Å²) in [5.41, 5.74) is 4.83. The van der Waals surface area contributed by atoms with Crippen molar-refractivity contribution >= 4 is 28.6 Å². The van der Waals surface area contributed by atoms with Gasteiger partial charge in [-0.05, 0) is 32.9 Å². The molecule has 2 aliphatic rings. The van der Waals surface area contributed by atoms with Gasteiger partial charge in [0.05, 0.1) is 17.8 Å². The number of amides is 1. The minimum absolute atomic E-state index is 0.0447. The Kier molecular flexibility index (Phi) is 6.90. The lowest BCUT2D eigenvalue weighted by atomic mass is 10.1. The fourth-order valence-electron chi connectivity index (χ4n) is 4.94. The second-order valence-electron chi connectivity index (χ2n) is 10.1. The zero-order valence-electron chi connectivity index (χ0n) is 21.6. The van der Waals surface area contributed by atoms with Crippen molar-refractivity contribution < 1.29 is 24.5 Å². The van der Waals surface area contributed by atoms with Gasteiger partial charge in [-0.2, -0.15) is 4.99 Å². The topological polar surface area (TPSA) is 173 Å². The number of hydrogen-bond donors (Lipinski definition) is 4. The van der Waals surface area contributed by atoms with Crippen molar-refractivity contribution in [1.82, 2.24) is 24.4 Å². The first-order valence-electron chi connectivity index (χ1n) is 12.5. The van der Waals surface area contributed by atoms with E-state index in [2.05, 4.69) is 30.2 Å². The Bertz CT molecular complexity index is 1410. The first-order valence-corrected chi connectivity index (χ1v) is 12.5. The van der Waals surface area contributed by atoms with Crippen LogP contribution in [0.15, 0.2) is 29.5 Å². The van der Waals surface area contributed by atoms with Crippen LogP contribution in [0.5, 0.6) is 11.5 Å². The number of benzene rings is 1. The number of nitrogens with two attached hydrogens (primary N) is 1. The van der Waals surface area contributed by atoms with Gasteiger partial charge in [-0.15, -0.1) is 0 Å². The predicted octanol–water partition coefficient (Wildman–Crippen LogP) is 0.520. The third-order valence-corrected chi connectivity index (χ3v) is 6.44. The third-order valence-electron chi connectivity index (χ3n) is 6.44. The molecule has 0 unspecified atom stereocenters. The van der Waals surface area contributed by atoms with Crippen LogP contribution >= 0.6 is 0 Å². The molecule has 0 spiro atoms. The van der Waals surface area contributed by atoms with Crippen molar-refractivity contribution in [2.75, 3.05) is 43.8 Å². The largest absolute Gasteiger partial charge is 0.503 e. The van der Waals surface area contributed by atoms with Crippen LogP contribution in [0.1, 0.15) is 31.1 Å². The van der Waals surface area contributed by atoms with Gasteiger partial charge in [0.2, 0.25) is 11.6 Å². The van der Waals surface area contributed by atoms with E-state index in [0.717, 1.165) is 13.1 Å². The number of aromatic nitrogens is 4. The van der Waals surface area contributed by atoms with E-state index in [-0.39, 0.29) is 53.0 Å². The number of hydrogen-bond acceptors (Lipinski definition) is 11. The number of β-amino-alcohol motifs (C(OH)–C–C–N with tert-alkyl or cyclic N) is 1. The molecule has 38 heavy (non-hydrogen) atoms. The van der Waals surface area contributed by atoms with Crippen molar-refractivity contribution in [1.29, 1.82) is 0 Å². The van der Waals surface area contributed by atoms with Crippen LogP contribution in [-0.4, -0.2) is 91.1 Å². The number of phenolic OH excluding ortho intramolecular Hbond substituents is 1. The van der Waals surface area contributed by atoms with E-state index in [1.807, 2.05) is 13.8 Å². The number of morpholine rings is 1. The summed E-state index contributed by atoms with van der Waals surface area (Å²) in [6.07, 6.45) is 2.76. The summed E-state index contributed by atoms with van der Waals surface area (Å²) in [6.45, 7) is 8.66. The Balaban J connectivity index is 1.41. The van der Waals surface area contributed by atoms with Gasteiger partial charge >= 0.3 is 0 Å². The van der Waals surface area contributed by atoms with E-state index in [1.165, 1.54) is 12.4 Å². The lowest BCUT2D eigenvalue weighted by Crippen LogP contribution is -2.52. The van der Waals surface area contributed by atoms with Gasteiger partial charge in [-0.25, -0.2) is 15.0 Å². The maximum absolute atomic E-state index is 12.7. The summed E-state index contributed by atoms with van der Waals surface area (Å²) in [6, 6.07) is 3.42. The number of nitrogens with one attached hydrogen (secondary N) is 1. The van der Waals surface area contributed by atoms with Gasteiger partial charge in [0.25, 0.3) is 5.91 Å². The summed E-state index contributed by atoms with van der Waals surface area (Å²) in [7, 11) is 0. The molecule has 1 saturated heterocycles. The third kappa shape index (κ3) is 5.39. The molecule has 0 radical (unpaired) electrons. The fourth-order valence-corrected chi connectivity index (χ4v) is 4.94. The summed E-state index contributed by atoms with van der Waals surface area (Å²) in [4.78, 5) is 31.2. The van der Waals surface area contributed by atoms with E-state index < -0.39 is 11.5 Å². The Hall–Kier alpha value is -3.81. The summed E-state index contributed by atoms with van der Waals surface area (Å²) in [5, 5.41) is 26.0. The number of aromatic hydroxyl groups is 1.